The van der Waals surface area contributed by atoms with Crippen molar-refractivity contribution >= 4 is 17.5 Å². The van der Waals surface area contributed by atoms with Crippen molar-refractivity contribution in [2.75, 3.05) is 30.8 Å². The largest absolute Gasteiger partial charge is 0.394 e. The number of hydrogen-bond acceptors (Lipinski definition) is 8. The fraction of sp³-hybridized carbons (Fsp3) is 0.500. The molecule has 1 aromatic rings. The molecule has 0 saturated heterocycles. The van der Waals surface area contributed by atoms with E-state index in [1.165, 1.54) is 0 Å². The number of nitrogens with zero attached hydrogens (tertiary/aromatic N) is 3. The van der Waals surface area contributed by atoms with E-state index in [2.05, 4.69) is 20.6 Å². The van der Waals surface area contributed by atoms with Crippen molar-refractivity contribution in [3.05, 3.63) is 16.3 Å². The highest BCUT2D eigenvalue weighted by molar-refractivity contribution is 5.56. The van der Waals surface area contributed by atoms with Gasteiger partial charge in [0.15, 0.2) is 0 Å². The van der Waals surface area contributed by atoms with Crippen molar-refractivity contribution in [1.82, 2.24) is 9.97 Å². The molecule has 0 bridgehead atoms. The summed E-state index contributed by atoms with van der Waals surface area (Å²) in [6.45, 7) is -0.484. The lowest BCUT2D eigenvalue weighted by Gasteiger charge is -2.10. The molecule has 0 saturated carbocycles. The van der Waals surface area contributed by atoms with Gasteiger partial charge in [0, 0.05) is 13.6 Å². The normalized spacial score (nSPS) is 11.9. The molecule has 0 spiro atoms. The van der Waals surface area contributed by atoms with Crippen LogP contribution in [0.15, 0.2) is 6.20 Å². The summed E-state index contributed by atoms with van der Waals surface area (Å²) in [6.07, 6.45) is 0.0505. The second-order valence-corrected chi connectivity index (χ2v) is 3.15. The van der Waals surface area contributed by atoms with Gasteiger partial charge in [-0.2, -0.15) is 4.98 Å². The van der Waals surface area contributed by atoms with Crippen LogP contribution in [0.4, 0.5) is 17.5 Å². The number of anilines is 2. The third kappa shape index (κ3) is 3.50. The first kappa shape index (κ1) is 13.1. The van der Waals surface area contributed by atoms with Crippen LogP contribution in [0.1, 0.15) is 0 Å². The second kappa shape index (κ2) is 5.92. The summed E-state index contributed by atoms with van der Waals surface area (Å²) < 4.78 is 0. The number of aromatic nitrogens is 2. The Morgan fingerprint density at radius 2 is 2.35 bits per heavy atom. The lowest BCUT2D eigenvalue weighted by molar-refractivity contribution is -0.384. The van der Waals surface area contributed by atoms with Gasteiger partial charge in [0.05, 0.1) is 17.6 Å². The van der Waals surface area contributed by atoms with Crippen molar-refractivity contribution < 1.29 is 15.1 Å². The van der Waals surface area contributed by atoms with E-state index in [-0.39, 0.29) is 24.0 Å². The van der Waals surface area contributed by atoms with Gasteiger partial charge in [0.2, 0.25) is 11.8 Å². The molecule has 0 amide bonds. The van der Waals surface area contributed by atoms with Crippen LogP contribution in [0.3, 0.4) is 0 Å². The van der Waals surface area contributed by atoms with Gasteiger partial charge in [-0.15, -0.1) is 0 Å². The van der Waals surface area contributed by atoms with Crippen molar-refractivity contribution in [1.29, 1.82) is 0 Å². The number of nitro groups is 1. The molecule has 17 heavy (non-hydrogen) atoms. The van der Waals surface area contributed by atoms with Crippen LogP contribution in [-0.4, -0.2) is 51.4 Å². The van der Waals surface area contributed by atoms with Gasteiger partial charge in [-0.05, 0) is 0 Å². The van der Waals surface area contributed by atoms with E-state index in [0.717, 1.165) is 6.20 Å². The average Bonchev–Trinajstić information content (AvgIpc) is 2.35. The van der Waals surface area contributed by atoms with E-state index >= 15 is 0 Å². The third-order valence-electron chi connectivity index (χ3n) is 1.91. The maximum atomic E-state index is 10.7. The molecule has 0 aliphatic heterocycles. The van der Waals surface area contributed by atoms with Gasteiger partial charge in [0.1, 0.15) is 6.20 Å². The number of hydrogen-bond donors (Lipinski definition) is 4. The molecule has 0 fully saturated rings. The molecule has 4 N–H and O–H groups in total. The molecular formula is C8H13N5O4. The van der Waals surface area contributed by atoms with Crippen LogP contribution in [0, 0.1) is 10.1 Å². The SMILES string of the molecule is CNc1ncc([N+](=O)[O-])c(NCC(O)CO)n1. The Balaban J connectivity index is 2.89. The number of rotatable bonds is 6. The van der Waals surface area contributed by atoms with E-state index in [0.29, 0.717) is 0 Å². The van der Waals surface area contributed by atoms with Crippen LogP contribution < -0.4 is 10.6 Å². The molecule has 1 unspecified atom stereocenters. The fourth-order valence-corrected chi connectivity index (χ4v) is 1.04. The zero-order chi connectivity index (χ0) is 12.8. The molecule has 1 atom stereocenters. The van der Waals surface area contributed by atoms with Crippen molar-refractivity contribution in [3.8, 4) is 0 Å². The highest BCUT2D eigenvalue weighted by Crippen LogP contribution is 2.21. The van der Waals surface area contributed by atoms with Crippen molar-refractivity contribution in [3.63, 3.8) is 0 Å². The highest BCUT2D eigenvalue weighted by Gasteiger charge is 2.17. The molecule has 0 aromatic carbocycles. The van der Waals surface area contributed by atoms with Crippen LogP contribution >= 0.6 is 0 Å². The third-order valence-corrected chi connectivity index (χ3v) is 1.91. The van der Waals surface area contributed by atoms with Gasteiger partial charge in [-0.3, -0.25) is 10.1 Å². The van der Waals surface area contributed by atoms with E-state index in [9.17, 15) is 10.1 Å². The van der Waals surface area contributed by atoms with Crippen molar-refractivity contribution in [2.45, 2.75) is 6.10 Å². The zero-order valence-electron chi connectivity index (χ0n) is 9.12. The molecule has 1 aromatic heterocycles. The summed E-state index contributed by atoms with van der Waals surface area (Å²) in [5.74, 6) is 0.207. The highest BCUT2D eigenvalue weighted by atomic mass is 16.6. The Morgan fingerprint density at radius 1 is 1.65 bits per heavy atom. The fourth-order valence-electron chi connectivity index (χ4n) is 1.04. The maximum Gasteiger partial charge on any atom is 0.329 e. The first-order chi connectivity index (χ1) is 8.08. The Labute approximate surface area is 96.7 Å². The molecule has 0 aliphatic carbocycles. The molecule has 94 valence electrons. The minimum atomic E-state index is -1.01. The minimum Gasteiger partial charge on any atom is -0.394 e. The Kier molecular flexibility index (Phi) is 4.55. The summed E-state index contributed by atoms with van der Waals surface area (Å²) >= 11 is 0. The van der Waals surface area contributed by atoms with Gasteiger partial charge in [-0.25, -0.2) is 4.98 Å². The molecule has 1 rings (SSSR count). The summed E-state index contributed by atoms with van der Waals surface area (Å²) in [5.41, 5.74) is -0.297. The molecule has 9 nitrogen and oxygen atoms in total. The minimum absolute atomic E-state index is 0.0122. The first-order valence-electron chi connectivity index (χ1n) is 4.80. The zero-order valence-corrected chi connectivity index (χ0v) is 9.12. The van der Waals surface area contributed by atoms with Crippen LogP contribution in [0.5, 0.6) is 0 Å². The summed E-state index contributed by atoms with van der Waals surface area (Å²) in [4.78, 5) is 17.6. The predicted octanol–water partition coefficient (Wildman–Crippen LogP) is -0.808. The van der Waals surface area contributed by atoms with Gasteiger partial charge < -0.3 is 20.8 Å². The molecule has 0 aliphatic rings. The summed E-state index contributed by atoms with van der Waals surface area (Å²) in [6, 6.07) is 0. The maximum absolute atomic E-state index is 10.7. The Hall–Kier alpha value is -2.00. The van der Waals surface area contributed by atoms with E-state index in [1.54, 1.807) is 7.05 Å². The molecule has 0 radical (unpaired) electrons. The quantitative estimate of drug-likeness (QED) is 0.376. The average molecular weight is 243 g/mol. The molecule has 9 heteroatoms. The van der Waals surface area contributed by atoms with E-state index < -0.39 is 17.6 Å². The van der Waals surface area contributed by atoms with Gasteiger partial charge >= 0.3 is 5.69 Å². The van der Waals surface area contributed by atoms with Gasteiger partial charge in [0.25, 0.3) is 0 Å². The Morgan fingerprint density at radius 3 is 2.88 bits per heavy atom. The van der Waals surface area contributed by atoms with Crippen LogP contribution in [-0.2, 0) is 0 Å². The number of nitrogens with one attached hydrogen (secondary N) is 2. The van der Waals surface area contributed by atoms with Gasteiger partial charge in [-0.1, -0.05) is 0 Å². The monoisotopic (exact) mass is 243 g/mol. The molecular weight excluding hydrogens is 230 g/mol. The topological polar surface area (TPSA) is 133 Å². The second-order valence-electron chi connectivity index (χ2n) is 3.15. The molecule has 1 heterocycles. The van der Waals surface area contributed by atoms with Crippen molar-refractivity contribution in [2.24, 2.45) is 0 Å². The van der Waals surface area contributed by atoms with E-state index in [1.807, 2.05) is 0 Å². The lowest BCUT2D eigenvalue weighted by atomic mass is 10.3. The van der Waals surface area contributed by atoms with Crippen LogP contribution in [0.25, 0.3) is 0 Å². The smallest absolute Gasteiger partial charge is 0.329 e. The summed E-state index contributed by atoms with van der Waals surface area (Å²) in [7, 11) is 1.58. The number of aliphatic hydroxyl groups excluding tert-OH is 2. The first-order valence-corrected chi connectivity index (χ1v) is 4.80. The lowest BCUT2D eigenvalue weighted by Crippen LogP contribution is -2.24. The predicted molar refractivity (Wildman–Crippen MR) is 59.8 cm³/mol. The Bertz CT molecular complexity index is 400. The van der Waals surface area contributed by atoms with E-state index in [4.69, 9.17) is 10.2 Å². The van der Waals surface area contributed by atoms with Crippen LogP contribution in [0.2, 0.25) is 0 Å². The summed E-state index contributed by atoms with van der Waals surface area (Å²) in [5, 5.41) is 33.7. The number of aliphatic hydroxyl groups is 2. The standard InChI is InChI=1S/C8H13N5O4/c1-9-8-11-3-6(13(16)17)7(12-8)10-2-5(15)4-14/h3,5,14-15H,2,4H2,1H3,(H2,9,10,11,12).